The second-order valence-corrected chi connectivity index (χ2v) is 4.65. The van der Waals surface area contributed by atoms with Crippen molar-refractivity contribution >= 4 is 5.97 Å². The average molecular weight is 250 g/mol. The Morgan fingerprint density at radius 1 is 1.50 bits per heavy atom. The number of carboxylic acids is 1. The van der Waals surface area contributed by atoms with Crippen molar-refractivity contribution in [2.24, 2.45) is 5.92 Å². The number of aliphatic carboxylic acids is 1. The van der Waals surface area contributed by atoms with Crippen molar-refractivity contribution in [3.8, 4) is 0 Å². The summed E-state index contributed by atoms with van der Waals surface area (Å²) in [5, 5.41) is 8.98. The molecule has 1 aromatic heterocycles. The molecule has 0 spiro atoms. The number of carbonyl (C=O) groups is 1. The normalized spacial score (nSPS) is 12.6. The summed E-state index contributed by atoms with van der Waals surface area (Å²) < 4.78 is 0. The lowest BCUT2D eigenvalue weighted by Gasteiger charge is -2.23. The van der Waals surface area contributed by atoms with Gasteiger partial charge in [0.1, 0.15) is 0 Å². The fraction of sp³-hybridized carbons (Fsp3) is 0.571. The topological polar surface area (TPSA) is 53.4 Å². The lowest BCUT2D eigenvalue weighted by molar-refractivity contribution is -0.141. The smallest absolute Gasteiger partial charge is 0.307 e. The van der Waals surface area contributed by atoms with E-state index >= 15 is 0 Å². The highest BCUT2D eigenvalue weighted by Gasteiger charge is 2.16. The van der Waals surface area contributed by atoms with Crippen LogP contribution in [-0.4, -0.2) is 34.0 Å². The SMILES string of the molecule is CCCCN(Cc1ccccn1)CC(C)C(=O)O. The number of hydrogen-bond donors (Lipinski definition) is 1. The van der Waals surface area contributed by atoms with Crippen LogP contribution in [0.3, 0.4) is 0 Å². The van der Waals surface area contributed by atoms with Gasteiger partial charge in [0.25, 0.3) is 0 Å². The molecule has 4 nitrogen and oxygen atoms in total. The molecule has 0 aliphatic heterocycles. The number of nitrogens with zero attached hydrogens (tertiary/aromatic N) is 2. The Morgan fingerprint density at radius 2 is 2.28 bits per heavy atom. The number of pyridine rings is 1. The lowest BCUT2D eigenvalue weighted by Crippen LogP contribution is -2.32. The first kappa shape index (κ1) is 14.6. The third-order valence-corrected chi connectivity index (χ3v) is 2.89. The van der Waals surface area contributed by atoms with E-state index in [1.807, 2.05) is 18.2 Å². The molecule has 0 saturated heterocycles. The zero-order valence-electron chi connectivity index (χ0n) is 11.2. The summed E-state index contributed by atoms with van der Waals surface area (Å²) >= 11 is 0. The molecule has 4 heteroatoms. The summed E-state index contributed by atoms with van der Waals surface area (Å²) in [4.78, 5) is 17.4. The van der Waals surface area contributed by atoms with Crippen molar-refractivity contribution in [1.82, 2.24) is 9.88 Å². The Balaban J connectivity index is 2.57. The predicted molar refractivity (Wildman–Crippen MR) is 71.2 cm³/mol. The van der Waals surface area contributed by atoms with Gasteiger partial charge in [0.15, 0.2) is 0 Å². The summed E-state index contributed by atoms with van der Waals surface area (Å²) in [7, 11) is 0. The predicted octanol–water partition coefficient (Wildman–Crippen LogP) is 2.40. The van der Waals surface area contributed by atoms with Gasteiger partial charge in [0.2, 0.25) is 0 Å². The Hall–Kier alpha value is -1.42. The molecule has 1 unspecified atom stereocenters. The average Bonchev–Trinajstić information content (AvgIpc) is 2.37. The quantitative estimate of drug-likeness (QED) is 0.769. The van der Waals surface area contributed by atoms with Gasteiger partial charge in [-0.15, -0.1) is 0 Å². The van der Waals surface area contributed by atoms with E-state index in [0.717, 1.165) is 31.6 Å². The van der Waals surface area contributed by atoms with Crippen LogP contribution >= 0.6 is 0 Å². The molecule has 1 rings (SSSR count). The summed E-state index contributed by atoms with van der Waals surface area (Å²) in [6.07, 6.45) is 3.97. The van der Waals surface area contributed by atoms with Crippen LogP contribution in [0.2, 0.25) is 0 Å². The highest BCUT2D eigenvalue weighted by Crippen LogP contribution is 2.07. The molecule has 1 aromatic rings. The molecule has 0 fully saturated rings. The van der Waals surface area contributed by atoms with E-state index in [2.05, 4.69) is 16.8 Å². The second kappa shape index (κ2) is 7.82. The van der Waals surface area contributed by atoms with Crippen molar-refractivity contribution in [3.63, 3.8) is 0 Å². The van der Waals surface area contributed by atoms with Crippen LogP contribution < -0.4 is 0 Å². The lowest BCUT2D eigenvalue weighted by atomic mass is 10.1. The van der Waals surface area contributed by atoms with E-state index in [1.54, 1.807) is 13.1 Å². The van der Waals surface area contributed by atoms with Crippen molar-refractivity contribution in [2.75, 3.05) is 13.1 Å². The minimum Gasteiger partial charge on any atom is -0.481 e. The van der Waals surface area contributed by atoms with Gasteiger partial charge in [-0.25, -0.2) is 0 Å². The number of hydrogen-bond acceptors (Lipinski definition) is 3. The molecule has 18 heavy (non-hydrogen) atoms. The number of aromatic nitrogens is 1. The standard InChI is InChI=1S/C14H22N2O2/c1-3-4-9-16(10-12(2)14(17)18)11-13-7-5-6-8-15-13/h5-8,12H,3-4,9-11H2,1-2H3,(H,17,18). The van der Waals surface area contributed by atoms with Gasteiger partial charge >= 0.3 is 5.97 Å². The third-order valence-electron chi connectivity index (χ3n) is 2.89. The molecular formula is C14H22N2O2. The number of unbranched alkanes of at least 4 members (excludes halogenated alkanes) is 1. The minimum atomic E-state index is -0.738. The first-order valence-corrected chi connectivity index (χ1v) is 6.48. The molecule has 1 heterocycles. The van der Waals surface area contributed by atoms with E-state index in [1.165, 1.54) is 0 Å². The largest absolute Gasteiger partial charge is 0.481 e. The van der Waals surface area contributed by atoms with Crippen molar-refractivity contribution < 1.29 is 9.90 Å². The Kier molecular flexibility index (Phi) is 6.36. The summed E-state index contributed by atoms with van der Waals surface area (Å²) in [5.74, 6) is -1.08. The Bertz CT molecular complexity index is 354. The van der Waals surface area contributed by atoms with Crippen LogP contribution in [0.25, 0.3) is 0 Å². The van der Waals surface area contributed by atoms with Crippen LogP contribution in [0, 0.1) is 5.92 Å². The summed E-state index contributed by atoms with van der Waals surface area (Å²) in [5.41, 5.74) is 0.992. The molecule has 0 radical (unpaired) electrons. The first-order valence-electron chi connectivity index (χ1n) is 6.48. The molecule has 0 aliphatic rings. The van der Waals surface area contributed by atoms with Gasteiger partial charge in [0.05, 0.1) is 11.6 Å². The van der Waals surface area contributed by atoms with Crippen molar-refractivity contribution in [3.05, 3.63) is 30.1 Å². The molecule has 0 aliphatic carbocycles. The van der Waals surface area contributed by atoms with Gasteiger partial charge in [-0.1, -0.05) is 26.3 Å². The zero-order valence-corrected chi connectivity index (χ0v) is 11.2. The van der Waals surface area contributed by atoms with E-state index in [0.29, 0.717) is 6.54 Å². The zero-order chi connectivity index (χ0) is 13.4. The highest BCUT2D eigenvalue weighted by molar-refractivity contribution is 5.69. The maximum atomic E-state index is 10.9. The van der Waals surface area contributed by atoms with Gasteiger partial charge < -0.3 is 5.11 Å². The van der Waals surface area contributed by atoms with Gasteiger partial charge in [-0.2, -0.15) is 0 Å². The molecule has 1 N–H and O–H groups in total. The van der Waals surface area contributed by atoms with E-state index < -0.39 is 5.97 Å². The Morgan fingerprint density at radius 3 is 2.83 bits per heavy atom. The number of rotatable bonds is 8. The summed E-state index contributed by atoms with van der Waals surface area (Å²) in [6.45, 7) is 6.11. The fourth-order valence-electron chi connectivity index (χ4n) is 1.80. The molecule has 0 amide bonds. The van der Waals surface area contributed by atoms with E-state index in [9.17, 15) is 4.79 Å². The maximum Gasteiger partial charge on any atom is 0.307 e. The molecule has 1 atom stereocenters. The highest BCUT2D eigenvalue weighted by atomic mass is 16.4. The van der Waals surface area contributed by atoms with Gasteiger partial charge in [-0.05, 0) is 25.1 Å². The minimum absolute atomic E-state index is 0.342. The third kappa shape index (κ3) is 5.27. The van der Waals surface area contributed by atoms with Crippen molar-refractivity contribution in [1.29, 1.82) is 0 Å². The van der Waals surface area contributed by atoms with Crippen LogP contribution in [0.15, 0.2) is 24.4 Å². The van der Waals surface area contributed by atoms with Gasteiger partial charge in [0, 0.05) is 19.3 Å². The Labute approximate surface area is 109 Å². The van der Waals surface area contributed by atoms with E-state index in [-0.39, 0.29) is 5.92 Å². The fourth-order valence-corrected chi connectivity index (χ4v) is 1.80. The molecular weight excluding hydrogens is 228 g/mol. The molecule has 0 bridgehead atoms. The van der Waals surface area contributed by atoms with Crippen LogP contribution in [0.4, 0.5) is 0 Å². The first-order chi connectivity index (χ1) is 8.63. The molecule has 100 valence electrons. The van der Waals surface area contributed by atoms with Crippen LogP contribution in [-0.2, 0) is 11.3 Å². The maximum absolute atomic E-state index is 10.9. The van der Waals surface area contributed by atoms with Gasteiger partial charge in [-0.3, -0.25) is 14.7 Å². The molecule has 0 aromatic carbocycles. The number of carboxylic acid groups (broad SMARTS) is 1. The monoisotopic (exact) mass is 250 g/mol. The van der Waals surface area contributed by atoms with Crippen molar-refractivity contribution in [2.45, 2.75) is 33.2 Å². The van der Waals surface area contributed by atoms with Crippen LogP contribution in [0.5, 0.6) is 0 Å². The summed E-state index contributed by atoms with van der Waals surface area (Å²) in [6, 6.07) is 5.82. The van der Waals surface area contributed by atoms with E-state index in [4.69, 9.17) is 5.11 Å². The molecule has 0 saturated carbocycles. The van der Waals surface area contributed by atoms with Crippen LogP contribution in [0.1, 0.15) is 32.4 Å². The second-order valence-electron chi connectivity index (χ2n) is 4.65.